The summed E-state index contributed by atoms with van der Waals surface area (Å²) >= 11 is 0. The molecule has 8 heteroatoms. The van der Waals surface area contributed by atoms with Crippen molar-refractivity contribution in [2.24, 2.45) is 7.05 Å². The van der Waals surface area contributed by atoms with Crippen LogP contribution in [0.1, 0.15) is 13.8 Å². The van der Waals surface area contributed by atoms with Crippen molar-refractivity contribution in [2.45, 2.75) is 24.9 Å². The van der Waals surface area contributed by atoms with Gasteiger partial charge in [-0.2, -0.15) is 4.72 Å². The van der Waals surface area contributed by atoms with Crippen LogP contribution in [0.15, 0.2) is 17.6 Å². The molecule has 17 heavy (non-hydrogen) atoms. The number of rotatable bonds is 5. The summed E-state index contributed by atoms with van der Waals surface area (Å²) in [6, 6.07) is -0.943. The number of ether oxygens (including phenoxy) is 1. The molecular formula is C9H15N3O4S. The quantitative estimate of drug-likeness (QED) is 0.732. The van der Waals surface area contributed by atoms with Crippen molar-refractivity contribution < 1.29 is 17.9 Å². The molecule has 0 fully saturated rings. The monoisotopic (exact) mass is 261 g/mol. The Balaban J connectivity index is 2.77. The predicted octanol–water partition coefficient (Wildman–Crippen LogP) is -0.350. The molecule has 1 heterocycles. The van der Waals surface area contributed by atoms with Gasteiger partial charge in [-0.25, -0.2) is 13.4 Å². The number of hydrogen-bond donors (Lipinski definition) is 1. The number of carbonyl (C=O) groups excluding carboxylic acids is 1. The third-order valence-electron chi connectivity index (χ3n) is 1.93. The van der Waals surface area contributed by atoms with Gasteiger partial charge in [0.05, 0.1) is 12.9 Å². The summed E-state index contributed by atoms with van der Waals surface area (Å²) in [6.45, 7) is 3.27. The Morgan fingerprint density at radius 3 is 2.76 bits per heavy atom. The Morgan fingerprint density at radius 1 is 1.65 bits per heavy atom. The van der Waals surface area contributed by atoms with Gasteiger partial charge in [0, 0.05) is 13.2 Å². The summed E-state index contributed by atoms with van der Waals surface area (Å²) in [5.41, 5.74) is 0. The third kappa shape index (κ3) is 3.53. The summed E-state index contributed by atoms with van der Waals surface area (Å²) in [5, 5.41) is -0.129. The number of esters is 1. The van der Waals surface area contributed by atoms with Gasteiger partial charge in [0.25, 0.3) is 10.0 Å². The van der Waals surface area contributed by atoms with E-state index in [1.807, 2.05) is 0 Å². The molecule has 1 unspecified atom stereocenters. The highest BCUT2D eigenvalue weighted by atomic mass is 32.2. The summed E-state index contributed by atoms with van der Waals surface area (Å²) < 4.78 is 31.9. The molecule has 0 saturated carbocycles. The van der Waals surface area contributed by atoms with E-state index in [2.05, 4.69) is 9.71 Å². The second-order valence-electron chi connectivity index (χ2n) is 3.47. The first-order valence-electron chi connectivity index (χ1n) is 5.03. The van der Waals surface area contributed by atoms with Gasteiger partial charge in [0.15, 0.2) is 5.03 Å². The molecule has 0 aromatic carbocycles. The highest BCUT2D eigenvalue weighted by molar-refractivity contribution is 7.89. The van der Waals surface area contributed by atoms with E-state index in [-0.39, 0.29) is 11.6 Å². The Hall–Kier alpha value is -1.41. The molecule has 0 bridgehead atoms. The van der Waals surface area contributed by atoms with E-state index in [0.29, 0.717) is 0 Å². The molecule has 1 aromatic heterocycles. The fourth-order valence-corrected chi connectivity index (χ4v) is 2.31. The first kappa shape index (κ1) is 13.7. The van der Waals surface area contributed by atoms with Crippen molar-refractivity contribution >= 4 is 16.0 Å². The van der Waals surface area contributed by atoms with Crippen LogP contribution in [0.3, 0.4) is 0 Å². The van der Waals surface area contributed by atoms with Gasteiger partial charge < -0.3 is 9.30 Å². The number of nitrogens with one attached hydrogen (secondary N) is 1. The molecular weight excluding hydrogens is 246 g/mol. The lowest BCUT2D eigenvalue weighted by atomic mass is 10.4. The Labute approximate surface area is 99.8 Å². The zero-order valence-corrected chi connectivity index (χ0v) is 10.7. The van der Waals surface area contributed by atoms with Crippen LogP contribution in [0.2, 0.25) is 0 Å². The number of aromatic nitrogens is 2. The van der Waals surface area contributed by atoms with Crippen molar-refractivity contribution in [1.29, 1.82) is 0 Å². The minimum Gasteiger partial charge on any atom is -0.465 e. The summed E-state index contributed by atoms with van der Waals surface area (Å²) in [5.74, 6) is -0.619. The van der Waals surface area contributed by atoms with Crippen molar-refractivity contribution in [3.8, 4) is 0 Å². The van der Waals surface area contributed by atoms with Gasteiger partial charge in [0.1, 0.15) is 6.04 Å². The van der Waals surface area contributed by atoms with E-state index in [1.54, 1.807) is 14.0 Å². The van der Waals surface area contributed by atoms with Gasteiger partial charge in [-0.1, -0.05) is 0 Å². The molecule has 1 N–H and O–H groups in total. The van der Waals surface area contributed by atoms with E-state index >= 15 is 0 Å². The second-order valence-corrected chi connectivity index (χ2v) is 5.13. The van der Waals surface area contributed by atoms with Crippen molar-refractivity contribution in [2.75, 3.05) is 6.61 Å². The van der Waals surface area contributed by atoms with Crippen LogP contribution < -0.4 is 4.72 Å². The van der Waals surface area contributed by atoms with E-state index in [1.165, 1.54) is 24.0 Å². The van der Waals surface area contributed by atoms with Crippen molar-refractivity contribution in [3.63, 3.8) is 0 Å². The Bertz CT molecular complexity index is 494. The Kier molecular flexibility index (Phi) is 4.24. The highest BCUT2D eigenvalue weighted by Gasteiger charge is 2.24. The van der Waals surface area contributed by atoms with E-state index < -0.39 is 22.0 Å². The van der Waals surface area contributed by atoms with Gasteiger partial charge in [-0.3, -0.25) is 4.79 Å². The minimum absolute atomic E-state index is 0.129. The molecule has 1 atom stereocenters. The average Bonchev–Trinajstić information content (AvgIpc) is 2.65. The van der Waals surface area contributed by atoms with Crippen LogP contribution >= 0.6 is 0 Å². The second kappa shape index (κ2) is 5.28. The van der Waals surface area contributed by atoms with Gasteiger partial charge in [0.2, 0.25) is 0 Å². The Morgan fingerprint density at radius 2 is 2.29 bits per heavy atom. The summed E-state index contributed by atoms with van der Waals surface area (Å²) in [7, 11) is -2.13. The molecule has 0 radical (unpaired) electrons. The molecule has 0 aliphatic rings. The lowest BCUT2D eigenvalue weighted by molar-refractivity contribution is -0.144. The number of imidazole rings is 1. The smallest absolute Gasteiger partial charge is 0.323 e. The zero-order valence-electron chi connectivity index (χ0n) is 9.87. The normalized spacial score (nSPS) is 13.4. The SMILES string of the molecule is CCOC(=O)C(C)NS(=O)(=O)c1cn(C)cn1. The number of sulfonamides is 1. The third-order valence-corrected chi connectivity index (χ3v) is 3.35. The van der Waals surface area contributed by atoms with Crippen LogP contribution in [0.25, 0.3) is 0 Å². The molecule has 0 aliphatic carbocycles. The van der Waals surface area contributed by atoms with E-state index in [9.17, 15) is 13.2 Å². The molecule has 0 spiro atoms. The number of carbonyl (C=O) groups is 1. The maximum Gasteiger partial charge on any atom is 0.323 e. The van der Waals surface area contributed by atoms with Crippen LogP contribution in [-0.4, -0.2) is 36.6 Å². The minimum atomic E-state index is -3.78. The fraction of sp³-hybridized carbons (Fsp3) is 0.556. The molecule has 0 amide bonds. The maximum atomic E-state index is 11.8. The maximum absolute atomic E-state index is 11.8. The van der Waals surface area contributed by atoms with Gasteiger partial charge >= 0.3 is 5.97 Å². The number of aryl methyl sites for hydroxylation is 1. The fourth-order valence-electron chi connectivity index (χ4n) is 1.14. The van der Waals surface area contributed by atoms with Gasteiger partial charge in [-0.05, 0) is 13.8 Å². The van der Waals surface area contributed by atoms with Gasteiger partial charge in [-0.15, -0.1) is 0 Å². The first-order valence-corrected chi connectivity index (χ1v) is 6.52. The van der Waals surface area contributed by atoms with Crippen molar-refractivity contribution in [3.05, 3.63) is 12.5 Å². The standard InChI is InChI=1S/C9H15N3O4S/c1-4-16-9(13)7(2)11-17(14,15)8-5-12(3)6-10-8/h5-7,11H,4H2,1-3H3. The number of hydrogen-bond acceptors (Lipinski definition) is 5. The first-order chi connectivity index (χ1) is 7.86. The summed E-state index contributed by atoms with van der Waals surface area (Å²) in [4.78, 5) is 15.0. The summed E-state index contributed by atoms with van der Waals surface area (Å²) in [6.07, 6.45) is 2.71. The van der Waals surface area contributed by atoms with E-state index in [0.717, 1.165) is 0 Å². The highest BCUT2D eigenvalue weighted by Crippen LogP contribution is 2.05. The molecule has 0 aliphatic heterocycles. The van der Waals surface area contributed by atoms with Crippen LogP contribution in [0.4, 0.5) is 0 Å². The van der Waals surface area contributed by atoms with Crippen LogP contribution in [0, 0.1) is 0 Å². The lowest BCUT2D eigenvalue weighted by Gasteiger charge is -2.11. The molecule has 1 aromatic rings. The van der Waals surface area contributed by atoms with Crippen molar-refractivity contribution in [1.82, 2.24) is 14.3 Å². The zero-order chi connectivity index (χ0) is 13.1. The largest absolute Gasteiger partial charge is 0.465 e. The average molecular weight is 261 g/mol. The molecule has 0 saturated heterocycles. The predicted molar refractivity (Wildman–Crippen MR) is 59.6 cm³/mol. The lowest BCUT2D eigenvalue weighted by Crippen LogP contribution is -2.39. The van der Waals surface area contributed by atoms with Crippen LogP contribution in [0.5, 0.6) is 0 Å². The molecule has 96 valence electrons. The molecule has 7 nitrogen and oxygen atoms in total. The number of nitrogens with zero attached hydrogens (tertiary/aromatic N) is 2. The van der Waals surface area contributed by atoms with Crippen LogP contribution in [-0.2, 0) is 26.6 Å². The topological polar surface area (TPSA) is 90.3 Å². The molecule has 1 rings (SSSR count). The van der Waals surface area contributed by atoms with E-state index in [4.69, 9.17) is 4.74 Å².